The van der Waals surface area contributed by atoms with Gasteiger partial charge >= 0.3 is 0 Å². The summed E-state index contributed by atoms with van der Waals surface area (Å²) in [6, 6.07) is 3.45. The summed E-state index contributed by atoms with van der Waals surface area (Å²) in [4.78, 5) is 11.7. The van der Waals surface area contributed by atoms with Gasteiger partial charge in [-0.25, -0.2) is 4.39 Å². The molecule has 0 spiro atoms. The monoisotopic (exact) mass is 285 g/mol. The zero-order valence-electron chi connectivity index (χ0n) is 11.5. The van der Waals surface area contributed by atoms with Gasteiger partial charge in [-0.3, -0.25) is 4.79 Å². The quantitative estimate of drug-likeness (QED) is 0.678. The second kappa shape index (κ2) is 9.28. The number of halogens is 1. The summed E-state index contributed by atoms with van der Waals surface area (Å²) in [7, 11) is 1.61. The number of phenols is 1. The number of phenolic OH excluding ortho intramolecular Hbond substituents is 1. The SMILES string of the molecule is COCCOCCCCNC(=O)c1ccc(O)cc1F. The van der Waals surface area contributed by atoms with Crippen LogP contribution in [-0.2, 0) is 9.47 Å². The molecule has 20 heavy (non-hydrogen) atoms. The minimum absolute atomic E-state index is 0.0702. The van der Waals surface area contributed by atoms with Gasteiger partial charge in [-0.05, 0) is 25.0 Å². The Morgan fingerprint density at radius 3 is 2.80 bits per heavy atom. The number of rotatable bonds is 9. The standard InChI is InChI=1S/C14H20FNO4/c1-19-8-9-20-7-3-2-6-16-14(18)12-5-4-11(17)10-13(12)15/h4-5,10,17H,2-3,6-9H2,1H3,(H,16,18). The minimum Gasteiger partial charge on any atom is -0.508 e. The average Bonchev–Trinajstić information content (AvgIpc) is 2.41. The van der Waals surface area contributed by atoms with Crippen LogP contribution in [0.25, 0.3) is 0 Å². The number of hydrogen-bond donors (Lipinski definition) is 2. The molecule has 0 bridgehead atoms. The molecule has 0 saturated carbocycles. The first-order valence-electron chi connectivity index (χ1n) is 6.48. The second-order valence-corrected chi connectivity index (χ2v) is 4.23. The lowest BCUT2D eigenvalue weighted by atomic mass is 10.2. The Kier molecular flexibility index (Phi) is 7.60. The van der Waals surface area contributed by atoms with E-state index in [0.717, 1.165) is 18.9 Å². The fourth-order valence-electron chi connectivity index (χ4n) is 1.56. The van der Waals surface area contributed by atoms with Crippen LogP contribution in [0.2, 0.25) is 0 Å². The van der Waals surface area contributed by atoms with Crippen molar-refractivity contribution in [3.8, 4) is 5.75 Å². The van der Waals surface area contributed by atoms with E-state index in [1.165, 1.54) is 12.1 Å². The van der Waals surface area contributed by atoms with Crippen LogP contribution in [-0.4, -0.2) is 44.5 Å². The minimum atomic E-state index is -0.731. The molecule has 0 saturated heterocycles. The van der Waals surface area contributed by atoms with Gasteiger partial charge in [-0.2, -0.15) is 0 Å². The molecule has 0 aliphatic carbocycles. The van der Waals surface area contributed by atoms with Crippen molar-refractivity contribution in [1.29, 1.82) is 0 Å². The van der Waals surface area contributed by atoms with Gasteiger partial charge in [-0.1, -0.05) is 0 Å². The highest BCUT2D eigenvalue weighted by Gasteiger charge is 2.11. The smallest absolute Gasteiger partial charge is 0.254 e. The number of nitrogens with one attached hydrogen (secondary N) is 1. The van der Waals surface area contributed by atoms with Gasteiger partial charge < -0.3 is 19.9 Å². The molecular weight excluding hydrogens is 265 g/mol. The van der Waals surface area contributed by atoms with E-state index < -0.39 is 11.7 Å². The van der Waals surface area contributed by atoms with E-state index in [9.17, 15) is 9.18 Å². The molecule has 0 aromatic heterocycles. The maximum Gasteiger partial charge on any atom is 0.254 e. The molecule has 1 aromatic carbocycles. The summed E-state index contributed by atoms with van der Waals surface area (Å²) in [5.74, 6) is -1.42. The van der Waals surface area contributed by atoms with Gasteiger partial charge in [-0.15, -0.1) is 0 Å². The van der Waals surface area contributed by atoms with Crippen molar-refractivity contribution in [2.75, 3.05) is 33.5 Å². The lowest BCUT2D eigenvalue weighted by Crippen LogP contribution is -2.25. The van der Waals surface area contributed by atoms with Crippen LogP contribution in [0.3, 0.4) is 0 Å². The lowest BCUT2D eigenvalue weighted by Gasteiger charge is -2.07. The van der Waals surface area contributed by atoms with Crippen LogP contribution < -0.4 is 5.32 Å². The van der Waals surface area contributed by atoms with Crippen LogP contribution >= 0.6 is 0 Å². The van der Waals surface area contributed by atoms with Gasteiger partial charge in [0.25, 0.3) is 5.91 Å². The largest absolute Gasteiger partial charge is 0.508 e. The van der Waals surface area contributed by atoms with E-state index in [-0.39, 0.29) is 11.3 Å². The molecule has 2 N–H and O–H groups in total. The molecule has 0 aliphatic heterocycles. The Morgan fingerprint density at radius 1 is 1.30 bits per heavy atom. The third-order valence-corrected chi connectivity index (χ3v) is 2.63. The van der Waals surface area contributed by atoms with E-state index >= 15 is 0 Å². The molecule has 1 rings (SSSR count). The number of unbranched alkanes of at least 4 members (excludes halogenated alkanes) is 1. The number of amides is 1. The summed E-state index contributed by atoms with van der Waals surface area (Å²) in [6.07, 6.45) is 1.56. The van der Waals surface area contributed by atoms with Crippen molar-refractivity contribution >= 4 is 5.91 Å². The van der Waals surface area contributed by atoms with Crippen molar-refractivity contribution in [1.82, 2.24) is 5.32 Å². The maximum absolute atomic E-state index is 13.4. The van der Waals surface area contributed by atoms with Gasteiger partial charge in [0.2, 0.25) is 0 Å². The third-order valence-electron chi connectivity index (χ3n) is 2.63. The fraction of sp³-hybridized carbons (Fsp3) is 0.500. The highest BCUT2D eigenvalue weighted by molar-refractivity contribution is 5.94. The second-order valence-electron chi connectivity index (χ2n) is 4.23. The van der Waals surface area contributed by atoms with Crippen LogP contribution in [0.1, 0.15) is 23.2 Å². The molecule has 0 unspecified atom stereocenters. The predicted molar refractivity (Wildman–Crippen MR) is 72.3 cm³/mol. The number of methoxy groups -OCH3 is 1. The normalized spacial score (nSPS) is 10.5. The van der Waals surface area contributed by atoms with Gasteiger partial charge in [0.1, 0.15) is 11.6 Å². The number of hydrogen-bond acceptors (Lipinski definition) is 4. The fourth-order valence-corrected chi connectivity index (χ4v) is 1.56. The number of benzene rings is 1. The number of ether oxygens (including phenoxy) is 2. The highest BCUT2D eigenvalue weighted by Crippen LogP contribution is 2.14. The molecule has 0 heterocycles. The van der Waals surface area contributed by atoms with E-state index in [1.807, 2.05) is 0 Å². The summed E-state index contributed by atoms with van der Waals surface area (Å²) in [6.45, 7) is 2.18. The number of aromatic hydroxyl groups is 1. The molecule has 0 fully saturated rings. The zero-order valence-corrected chi connectivity index (χ0v) is 11.5. The zero-order chi connectivity index (χ0) is 14.8. The van der Waals surface area contributed by atoms with Crippen molar-refractivity contribution in [2.45, 2.75) is 12.8 Å². The first kappa shape index (κ1) is 16.4. The Hall–Kier alpha value is -1.66. The average molecular weight is 285 g/mol. The molecule has 0 radical (unpaired) electrons. The van der Waals surface area contributed by atoms with Gasteiger partial charge in [0, 0.05) is 26.3 Å². The number of carbonyl (C=O) groups excluding carboxylic acids is 1. The molecule has 5 nitrogen and oxygen atoms in total. The highest BCUT2D eigenvalue weighted by atomic mass is 19.1. The summed E-state index contributed by atoms with van der Waals surface area (Å²) in [5.41, 5.74) is -0.0702. The Morgan fingerprint density at radius 2 is 2.10 bits per heavy atom. The van der Waals surface area contributed by atoms with Crippen LogP contribution in [0.15, 0.2) is 18.2 Å². The topological polar surface area (TPSA) is 67.8 Å². The Bertz CT molecular complexity index is 426. The van der Waals surface area contributed by atoms with Gasteiger partial charge in [0.05, 0.1) is 18.8 Å². The molecule has 0 atom stereocenters. The van der Waals surface area contributed by atoms with Crippen molar-refractivity contribution in [3.05, 3.63) is 29.6 Å². The van der Waals surface area contributed by atoms with Crippen LogP contribution in [0, 0.1) is 5.82 Å². The van der Waals surface area contributed by atoms with E-state index in [4.69, 9.17) is 14.6 Å². The van der Waals surface area contributed by atoms with Gasteiger partial charge in [0.15, 0.2) is 0 Å². The first-order valence-corrected chi connectivity index (χ1v) is 6.48. The summed E-state index contributed by atoms with van der Waals surface area (Å²) >= 11 is 0. The maximum atomic E-state index is 13.4. The molecule has 0 aliphatic rings. The molecule has 1 amide bonds. The van der Waals surface area contributed by atoms with Crippen LogP contribution in [0.5, 0.6) is 5.75 Å². The predicted octanol–water partition coefficient (Wildman–Crippen LogP) is 1.70. The number of carbonyl (C=O) groups is 1. The molecule has 6 heteroatoms. The van der Waals surface area contributed by atoms with Crippen LogP contribution in [0.4, 0.5) is 4.39 Å². The Balaban J connectivity index is 2.17. The summed E-state index contributed by atoms with van der Waals surface area (Å²) < 4.78 is 23.5. The first-order chi connectivity index (χ1) is 9.65. The molecule has 1 aromatic rings. The summed E-state index contributed by atoms with van der Waals surface area (Å²) in [5, 5.41) is 11.7. The van der Waals surface area contributed by atoms with Crippen molar-refractivity contribution in [2.24, 2.45) is 0 Å². The molecule has 112 valence electrons. The van der Waals surface area contributed by atoms with E-state index in [1.54, 1.807) is 7.11 Å². The lowest BCUT2D eigenvalue weighted by molar-refractivity contribution is 0.0686. The van der Waals surface area contributed by atoms with E-state index in [0.29, 0.717) is 26.4 Å². The van der Waals surface area contributed by atoms with Crippen molar-refractivity contribution in [3.63, 3.8) is 0 Å². The van der Waals surface area contributed by atoms with Crippen molar-refractivity contribution < 1.29 is 23.8 Å². The third kappa shape index (κ3) is 5.99. The molecular formula is C14H20FNO4. The van der Waals surface area contributed by atoms with E-state index in [2.05, 4.69) is 5.32 Å². The Labute approximate surface area is 117 Å².